The number of amides is 2. The van der Waals surface area contributed by atoms with Crippen molar-refractivity contribution in [1.82, 2.24) is 0 Å². The van der Waals surface area contributed by atoms with Crippen LogP contribution in [0.15, 0.2) is 24.3 Å². The van der Waals surface area contributed by atoms with Crippen LogP contribution in [0.5, 0.6) is 0 Å². The van der Waals surface area contributed by atoms with Gasteiger partial charge in [0.05, 0.1) is 11.4 Å². The number of hydrogen-bond acceptors (Lipinski definition) is 2. The van der Waals surface area contributed by atoms with Gasteiger partial charge in [-0.3, -0.25) is 9.59 Å². The summed E-state index contributed by atoms with van der Waals surface area (Å²) in [6.45, 7) is 0. The number of alkyl halides is 2. The highest BCUT2D eigenvalue weighted by atomic mass is 35.5. The van der Waals surface area contributed by atoms with Crippen LogP contribution < -0.4 is 10.6 Å². The standard InChI is InChI=1S/C12H14Cl2N2O2/c13-7-5-11(17)15-9-3-1-2-4-10(9)16-12(18)6-8-14/h1-4H,5-8H2,(H,15,17)(H,16,18). The predicted octanol–water partition coefficient (Wildman–Crippen LogP) is 2.82. The first-order chi connectivity index (χ1) is 8.67. The van der Waals surface area contributed by atoms with Crippen LogP contribution in [0.2, 0.25) is 0 Å². The minimum Gasteiger partial charge on any atom is -0.324 e. The molecule has 0 aliphatic carbocycles. The van der Waals surface area contributed by atoms with Gasteiger partial charge in [0.25, 0.3) is 0 Å². The summed E-state index contributed by atoms with van der Waals surface area (Å²) in [7, 11) is 0. The molecule has 0 spiro atoms. The molecular formula is C12H14Cl2N2O2. The first kappa shape index (κ1) is 14.8. The van der Waals surface area contributed by atoms with Crippen molar-refractivity contribution in [1.29, 1.82) is 0 Å². The Morgan fingerprint density at radius 2 is 1.28 bits per heavy atom. The quantitative estimate of drug-likeness (QED) is 0.791. The van der Waals surface area contributed by atoms with E-state index in [0.717, 1.165) is 0 Å². The normalized spacial score (nSPS) is 9.89. The second-order valence-corrected chi connectivity index (χ2v) is 4.28. The van der Waals surface area contributed by atoms with Gasteiger partial charge in [-0.05, 0) is 12.1 Å². The van der Waals surface area contributed by atoms with Crippen LogP contribution in [-0.4, -0.2) is 23.6 Å². The van der Waals surface area contributed by atoms with Crippen molar-refractivity contribution in [2.75, 3.05) is 22.4 Å². The van der Waals surface area contributed by atoms with Crippen LogP contribution in [-0.2, 0) is 9.59 Å². The van der Waals surface area contributed by atoms with E-state index >= 15 is 0 Å². The molecule has 1 rings (SSSR count). The summed E-state index contributed by atoms with van der Waals surface area (Å²) < 4.78 is 0. The number of carbonyl (C=O) groups excluding carboxylic acids is 2. The van der Waals surface area contributed by atoms with Crippen LogP contribution in [0.1, 0.15) is 12.8 Å². The smallest absolute Gasteiger partial charge is 0.225 e. The number of anilines is 2. The van der Waals surface area contributed by atoms with Gasteiger partial charge in [0.15, 0.2) is 0 Å². The molecule has 18 heavy (non-hydrogen) atoms. The average Bonchev–Trinajstić information content (AvgIpc) is 2.32. The topological polar surface area (TPSA) is 58.2 Å². The molecule has 1 aromatic carbocycles. The molecule has 98 valence electrons. The molecule has 0 saturated carbocycles. The lowest BCUT2D eigenvalue weighted by Crippen LogP contribution is -2.16. The van der Waals surface area contributed by atoms with Gasteiger partial charge in [-0.1, -0.05) is 12.1 Å². The Hall–Kier alpha value is -1.26. The highest BCUT2D eigenvalue weighted by Crippen LogP contribution is 2.21. The molecule has 0 saturated heterocycles. The van der Waals surface area contributed by atoms with Gasteiger partial charge in [0.2, 0.25) is 11.8 Å². The molecule has 2 N–H and O–H groups in total. The van der Waals surface area contributed by atoms with E-state index in [0.29, 0.717) is 11.4 Å². The molecule has 0 aromatic heterocycles. The molecule has 0 atom stereocenters. The average molecular weight is 289 g/mol. The van der Waals surface area contributed by atoms with Crippen LogP contribution in [0.3, 0.4) is 0 Å². The summed E-state index contributed by atoms with van der Waals surface area (Å²) in [5.74, 6) is 0.132. The molecule has 0 bridgehead atoms. The second-order valence-electron chi connectivity index (χ2n) is 3.52. The van der Waals surface area contributed by atoms with Crippen molar-refractivity contribution in [3.8, 4) is 0 Å². The number of para-hydroxylation sites is 2. The number of halogens is 2. The van der Waals surface area contributed by atoms with E-state index in [-0.39, 0.29) is 36.4 Å². The van der Waals surface area contributed by atoms with E-state index in [1.165, 1.54) is 0 Å². The summed E-state index contributed by atoms with van der Waals surface area (Å²) in [4.78, 5) is 22.9. The molecular weight excluding hydrogens is 275 g/mol. The molecule has 2 amide bonds. The third kappa shape index (κ3) is 4.94. The number of nitrogens with one attached hydrogen (secondary N) is 2. The van der Waals surface area contributed by atoms with E-state index in [1.54, 1.807) is 24.3 Å². The minimum atomic E-state index is -0.191. The Labute approximate surface area is 116 Å². The Kier molecular flexibility index (Phi) is 6.54. The summed E-state index contributed by atoms with van der Waals surface area (Å²) in [5, 5.41) is 5.38. The lowest BCUT2D eigenvalue weighted by molar-refractivity contribution is -0.116. The van der Waals surface area contributed by atoms with Crippen LogP contribution in [0, 0.1) is 0 Å². The Bertz CT molecular complexity index is 385. The van der Waals surface area contributed by atoms with Crippen molar-refractivity contribution in [3.63, 3.8) is 0 Å². The SMILES string of the molecule is O=C(CCCl)Nc1ccccc1NC(=O)CCCl. The zero-order valence-corrected chi connectivity index (χ0v) is 11.2. The second kappa shape index (κ2) is 7.95. The van der Waals surface area contributed by atoms with Gasteiger partial charge >= 0.3 is 0 Å². The molecule has 0 unspecified atom stereocenters. The lowest BCUT2D eigenvalue weighted by Gasteiger charge is -2.11. The zero-order valence-electron chi connectivity index (χ0n) is 9.71. The van der Waals surface area contributed by atoms with Crippen molar-refractivity contribution in [2.24, 2.45) is 0 Å². The van der Waals surface area contributed by atoms with Gasteiger partial charge in [-0.2, -0.15) is 0 Å². The fourth-order valence-corrected chi connectivity index (χ4v) is 1.64. The van der Waals surface area contributed by atoms with Gasteiger partial charge in [0, 0.05) is 24.6 Å². The molecule has 0 aliphatic heterocycles. The van der Waals surface area contributed by atoms with Crippen molar-refractivity contribution >= 4 is 46.4 Å². The molecule has 6 heteroatoms. The first-order valence-corrected chi connectivity index (χ1v) is 6.55. The number of rotatable bonds is 6. The first-order valence-electron chi connectivity index (χ1n) is 5.48. The van der Waals surface area contributed by atoms with Crippen LogP contribution in [0.25, 0.3) is 0 Å². The maximum atomic E-state index is 11.4. The third-order valence-corrected chi connectivity index (χ3v) is 2.50. The van der Waals surface area contributed by atoms with Crippen LogP contribution >= 0.6 is 23.2 Å². The van der Waals surface area contributed by atoms with Gasteiger partial charge in [-0.15, -0.1) is 23.2 Å². The fraction of sp³-hybridized carbons (Fsp3) is 0.333. The number of benzene rings is 1. The summed E-state index contributed by atoms with van der Waals surface area (Å²) in [6.07, 6.45) is 0.455. The lowest BCUT2D eigenvalue weighted by atomic mass is 10.2. The summed E-state index contributed by atoms with van der Waals surface area (Å²) in [6, 6.07) is 6.96. The fourth-order valence-electron chi connectivity index (χ4n) is 1.30. The molecule has 4 nitrogen and oxygen atoms in total. The zero-order chi connectivity index (χ0) is 13.4. The molecule has 0 fully saturated rings. The minimum absolute atomic E-state index is 0.191. The van der Waals surface area contributed by atoms with Gasteiger partial charge in [0.1, 0.15) is 0 Å². The Morgan fingerprint density at radius 1 is 0.889 bits per heavy atom. The highest BCUT2D eigenvalue weighted by molar-refractivity contribution is 6.19. The van der Waals surface area contributed by atoms with E-state index in [4.69, 9.17) is 23.2 Å². The summed E-state index contributed by atoms with van der Waals surface area (Å²) in [5.41, 5.74) is 1.10. The number of carbonyl (C=O) groups is 2. The van der Waals surface area contributed by atoms with Gasteiger partial charge in [-0.25, -0.2) is 0 Å². The van der Waals surface area contributed by atoms with Crippen molar-refractivity contribution in [2.45, 2.75) is 12.8 Å². The molecule has 1 aromatic rings. The van der Waals surface area contributed by atoms with E-state index in [9.17, 15) is 9.59 Å². The molecule has 0 aliphatic rings. The van der Waals surface area contributed by atoms with E-state index in [1.807, 2.05) is 0 Å². The van der Waals surface area contributed by atoms with Crippen LogP contribution in [0.4, 0.5) is 11.4 Å². The number of hydrogen-bond donors (Lipinski definition) is 2. The largest absolute Gasteiger partial charge is 0.324 e. The third-order valence-electron chi connectivity index (χ3n) is 2.12. The summed E-state index contributed by atoms with van der Waals surface area (Å²) >= 11 is 11.0. The van der Waals surface area contributed by atoms with E-state index in [2.05, 4.69) is 10.6 Å². The van der Waals surface area contributed by atoms with Gasteiger partial charge < -0.3 is 10.6 Å². The Balaban J connectivity index is 2.73. The maximum Gasteiger partial charge on any atom is 0.225 e. The predicted molar refractivity (Wildman–Crippen MR) is 74.4 cm³/mol. The monoisotopic (exact) mass is 288 g/mol. The highest BCUT2D eigenvalue weighted by Gasteiger charge is 2.08. The van der Waals surface area contributed by atoms with Crippen molar-refractivity contribution in [3.05, 3.63) is 24.3 Å². The Morgan fingerprint density at radius 3 is 1.61 bits per heavy atom. The van der Waals surface area contributed by atoms with Crippen molar-refractivity contribution < 1.29 is 9.59 Å². The molecule has 0 radical (unpaired) electrons. The van der Waals surface area contributed by atoms with E-state index < -0.39 is 0 Å². The molecule has 0 heterocycles. The maximum absolute atomic E-state index is 11.4.